The minimum absolute atomic E-state index is 0.279. The highest BCUT2D eigenvalue weighted by Gasteiger charge is 2.03. The summed E-state index contributed by atoms with van der Waals surface area (Å²) in [5, 5.41) is 3.01. The van der Waals surface area contributed by atoms with Crippen LogP contribution in [0, 0.1) is 12.7 Å². The summed E-state index contributed by atoms with van der Waals surface area (Å²) in [6.45, 7) is 2.38. The Morgan fingerprint density at radius 1 is 1.28 bits per heavy atom. The molecule has 0 unspecified atom stereocenters. The fraction of sp³-hybridized carbons (Fsp3) is 0.214. The van der Waals surface area contributed by atoms with Crippen LogP contribution in [0.1, 0.15) is 11.3 Å². The standard InChI is InChI=1S/C14H15FN2O/c1-10-6-7-12(8-13(10)15)18-14-5-3-4-11(17-14)9-16-2/h3-8,16H,9H2,1-2H3. The number of nitrogens with one attached hydrogen (secondary N) is 1. The van der Waals surface area contributed by atoms with Gasteiger partial charge in [0.05, 0.1) is 5.69 Å². The van der Waals surface area contributed by atoms with Gasteiger partial charge in [0, 0.05) is 18.7 Å². The van der Waals surface area contributed by atoms with E-state index >= 15 is 0 Å². The van der Waals surface area contributed by atoms with Crippen molar-refractivity contribution in [2.75, 3.05) is 7.05 Å². The van der Waals surface area contributed by atoms with E-state index in [2.05, 4.69) is 10.3 Å². The zero-order valence-electron chi connectivity index (χ0n) is 10.4. The smallest absolute Gasteiger partial charge is 0.219 e. The first-order valence-electron chi connectivity index (χ1n) is 5.73. The maximum Gasteiger partial charge on any atom is 0.219 e. The molecule has 0 radical (unpaired) electrons. The van der Waals surface area contributed by atoms with Crippen molar-refractivity contribution >= 4 is 0 Å². The molecule has 1 heterocycles. The normalized spacial score (nSPS) is 10.4. The van der Waals surface area contributed by atoms with Crippen molar-refractivity contribution in [2.45, 2.75) is 13.5 Å². The molecular formula is C14H15FN2O. The lowest BCUT2D eigenvalue weighted by Gasteiger charge is -2.07. The van der Waals surface area contributed by atoms with Gasteiger partial charge in [0.15, 0.2) is 0 Å². The van der Waals surface area contributed by atoms with Crippen LogP contribution in [0.2, 0.25) is 0 Å². The zero-order valence-corrected chi connectivity index (χ0v) is 10.4. The number of aryl methyl sites for hydroxylation is 1. The molecule has 1 N–H and O–H groups in total. The van der Waals surface area contributed by atoms with E-state index in [4.69, 9.17) is 4.74 Å². The maximum atomic E-state index is 13.4. The Bertz CT molecular complexity index is 543. The summed E-state index contributed by atoms with van der Waals surface area (Å²) in [7, 11) is 1.85. The van der Waals surface area contributed by atoms with Crippen molar-refractivity contribution in [1.82, 2.24) is 10.3 Å². The van der Waals surface area contributed by atoms with Gasteiger partial charge in [-0.3, -0.25) is 0 Å². The van der Waals surface area contributed by atoms with E-state index in [1.807, 2.05) is 19.2 Å². The first-order chi connectivity index (χ1) is 8.69. The summed E-state index contributed by atoms with van der Waals surface area (Å²) in [6.07, 6.45) is 0. The van der Waals surface area contributed by atoms with Crippen LogP contribution in [0.25, 0.3) is 0 Å². The fourth-order valence-electron chi connectivity index (χ4n) is 1.55. The highest BCUT2D eigenvalue weighted by Crippen LogP contribution is 2.21. The molecular weight excluding hydrogens is 231 g/mol. The van der Waals surface area contributed by atoms with Gasteiger partial charge >= 0.3 is 0 Å². The van der Waals surface area contributed by atoms with E-state index < -0.39 is 0 Å². The first-order valence-corrected chi connectivity index (χ1v) is 5.73. The van der Waals surface area contributed by atoms with Crippen LogP contribution < -0.4 is 10.1 Å². The summed E-state index contributed by atoms with van der Waals surface area (Å²) in [5.74, 6) is 0.636. The molecule has 94 valence electrons. The quantitative estimate of drug-likeness (QED) is 0.900. The first kappa shape index (κ1) is 12.5. The minimum atomic E-state index is -0.279. The maximum absolute atomic E-state index is 13.4. The average molecular weight is 246 g/mol. The summed E-state index contributed by atoms with van der Waals surface area (Å²) < 4.78 is 18.9. The number of rotatable bonds is 4. The van der Waals surface area contributed by atoms with Crippen molar-refractivity contribution in [3.8, 4) is 11.6 Å². The Labute approximate surface area is 106 Å². The van der Waals surface area contributed by atoms with E-state index in [-0.39, 0.29) is 5.82 Å². The molecule has 0 atom stereocenters. The highest BCUT2D eigenvalue weighted by molar-refractivity contribution is 5.31. The molecule has 3 nitrogen and oxygen atoms in total. The van der Waals surface area contributed by atoms with E-state index in [0.717, 1.165) is 5.69 Å². The van der Waals surface area contributed by atoms with Crippen LogP contribution in [0.4, 0.5) is 4.39 Å². The van der Waals surface area contributed by atoms with Crippen LogP contribution in [0.15, 0.2) is 36.4 Å². The second-order valence-electron chi connectivity index (χ2n) is 4.01. The third-order valence-corrected chi connectivity index (χ3v) is 2.50. The molecule has 0 aliphatic carbocycles. The van der Waals surface area contributed by atoms with Gasteiger partial charge in [0.1, 0.15) is 11.6 Å². The number of hydrogen-bond donors (Lipinski definition) is 1. The third kappa shape index (κ3) is 3.05. The number of aromatic nitrogens is 1. The molecule has 0 saturated heterocycles. The van der Waals surface area contributed by atoms with E-state index in [1.165, 1.54) is 6.07 Å². The lowest BCUT2D eigenvalue weighted by Crippen LogP contribution is -2.06. The summed E-state index contributed by atoms with van der Waals surface area (Å²) in [4.78, 5) is 4.30. The number of benzene rings is 1. The summed E-state index contributed by atoms with van der Waals surface area (Å²) in [6, 6.07) is 10.3. The molecule has 0 spiro atoms. The molecule has 0 aliphatic heterocycles. The van der Waals surface area contributed by atoms with Gasteiger partial charge in [-0.25, -0.2) is 9.37 Å². The fourth-order valence-corrected chi connectivity index (χ4v) is 1.55. The SMILES string of the molecule is CNCc1cccc(Oc2ccc(C)c(F)c2)n1. The van der Waals surface area contributed by atoms with Crippen LogP contribution in [0.5, 0.6) is 11.6 Å². The molecule has 0 fully saturated rings. The Hall–Kier alpha value is -1.94. The molecule has 1 aromatic heterocycles. The molecule has 2 rings (SSSR count). The number of hydrogen-bond acceptors (Lipinski definition) is 3. The Morgan fingerprint density at radius 3 is 2.83 bits per heavy atom. The Kier molecular flexibility index (Phi) is 3.89. The third-order valence-electron chi connectivity index (χ3n) is 2.50. The minimum Gasteiger partial charge on any atom is -0.439 e. The molecule has 0 bridgehead atoms. The number of halogens is 1. The zero-order chi connectivity index (χ0) is 13.0. The topological polar surface area (TPSA) is 34.1 Å². The second kappa shape index (κ2) is 5.60. The van der Waals surface area contributed by atoms with Gasteiger partial charge < -0.3 is 10.1 Å². The summed E-state index contributed by atoms with van der Waals surface area (Å²) >= 11 is 0. The molecule has 4 heteroatoms. The molecule has 0 saturated carbocycles. The van der Waals surface area contributed by atoms with Crippen LogP contribution in [-0.4, -0.2) is 12.0 Å². The van der Waals surface area contributed by atoms with Crippen LogP contribution in [-0.2, 0) is 6.54 Å². The van der Waals surface area contributed by atoms with E-state index in [1.54, 1.807) is 25.1 Å². The molecule has 1 aromatic carbocycles. The predicted molar refractivity (Wildman–Crippen MR) is 68.2 cm³/mol. The van der Waals surface area contributed by atoms with Crippen LogP contribution in [0.3, 0.4) is 0 Å². The lowest BCUT2D eigenvalue weighted by atomic mass is 10.2. The Morgan fingerprint density at radius 2 is 2.11 bits per heavy atom. The van der Waals surface area contributed by atoms with E-state index in [0.29, 0.717) is 23.7 Å². The molecule has 2 aromatic rings. The van der Waals surface area contributed by atoms with E-state index in [9.17, 15) is 4.39 Å². The lowest BCUT2D eigenvalue weighted by molar-refractivity contribution is 0.455. The highest BCUT2D eigenvalue weighted by atomic mass is 19.1. The van der Waals surface area contributed by atoms with Crippen molar-refractivity contribution < 1.29 is 9.13 Å². The second-order valence-corrected chi connectivity index (χ2v) is 4.01. The number of nitrogens with zero attached hydrogens (tertiary/aromatic N) is 1. The van der Waals surface area contributed by atoms with Gasteiger partial charge in [-0.1, -0.05) is 12.1 Å². The molecule has 18 heavy (non-hydrogen) atoms. The van der Waals surface area contributed by atoms with Crippen molar-refractivity contribution in [2.24, 2.45) is 0 Å². The predicted octanol–water partition coefficient (Wildman–Crippen LogP) is 3.04. The Balaban J connectivity index is 2.17. The van der Waals surface area contributed by atoms with Crippen molar-refractivity contribution in [1.29, 1.82) is 0 Å². The molecule has 0 aliphatic rings. The van der Waals surface area contributed by atoms with Crippen LogP contribution >= 0.6 is 0 Å². The van der Waals surface area contributed by atoms with Crippen molar-refractivity contribution in [3.63, 3.8) is 0 Å². The van der Waals surface area contributed by atoms with Gasteiger partial charge in [-0.05, 0) is 31.7 Å². The monoisotopic (exact) mass is 246 g/mol. The number of ether oxygens (including phenoxy) is 1. The summed E-state index contributed by atoms with van der Waals surface area (Å²) in [5.41, 5.74) is 1.47. The largest absolute Gasteiger partial charge is 0.439 e. The van der Waals surface area contributed by atoms with Gasteiger partial charge in [-0.2, -0.15) is 0 Å². The molecule has 0 amide bonds. The average Bonchev–Trinajstić information content (AvgIpc) is 2.35. The van der Waals surface area contributed by atoms with Gasteiger partial charge in [-0.15, -0.1) is 0 Å². The van der Waals surface area contributed by atoms with Gasteiger partial charge in [0.25, 0.3) is 0 Å². The van der Waals surface area contributed by atoms with Crippen molar-refractivity contribution in [3.05, 3.63) is 53.5 Å². The van der Waals surface area contributed by atoms with Gasteiger partial charge in [0.2, 0.25) is 5.88 Å². The number of pyridine rings is 1.